The molecule has 1 rings (SSSR count). The molecule has 0 atom stereocenters. The zero-order valence-electron chi connectivity index (χ0n) is 10.5. The Bertz CT molecular complexity index is 524. The van der Waals surface area contributed by atoms with Crippen LogP contribution in [0.3, 0.4) is 0 Å². The topological polar surface area (TPSA) is 46.5 Å². The molecule has 1 aromatic carbocycles. The molecule has 0 radical (unpaired) electrons. The summed E-state index contributed by atoms with van der Waals surface area (Å²) < 4.78 is 81.6. The molecule has 0 bridgehead atoms. The van der Waals surface area contributed by atoms with Gasteiger partial charge in [-0.25, -0.2) is 4.79 Å². The predicted octanol–water partition coefficient (Wildman–Crippen LogP) is 3.69. The number of benzene rings is 1. The summed E-state index contributed by atoms with van der Waals surface area (Å²) in [5.74, 6) is -17.5. The molecule has 0 aromatic heterocycles. The standard InChI is InChI=1S/C12H10F6O3/c1-10(13,14)12(17,18)11(15,16)6-21-8-4-2-3-7(5-8)9(19)20/h2-5H,6H2,1H3,(H,19,20). The molecule has 0 saturated heterocycles. The number of alkyl halides is 6. The fourth-order valence-electron chi connectivity index (χ4n) is 1.30. The Balaban J connectivity index is 2.87. The number of halogens is 6. The Labute approximate surface area is 115 Å². The highest BCUT2D eigenvalue weighted by molar-refractivity contribution is 5.87. The first-order valence-electron chi connectivity index (χ1n) is 5.48. The quantitative estimate of drug-likeness (QED) is 0.814. The van der Waals surface area contributed by atoms with Crippen molar-refractivity contribution in [2.24, 2.45) is 0 Å². The van der Waals surface area contributed by atoms with Crippen molar-refractivity contribution in [2.75, 3.05) is 6.61 Å². The molecule has 0 fully saturated rings. The van der Waals surface area contributed by atoms with Crippen LogP contribution in [-0.2, 0) is 0 Å². The van der Waals surface area contributed by atoms with Crippen LogP contribution in [0, 0.1) is 0 Å². The normalized spacial score (nSPS) is 13.1. The lowest BCUT2D eigenvalue weighted by Crippen LogP contribution is -2.55. The predicted molar refractivity (Wildman–Crippen MR) is 59.4 cm³/mol. The van der Waals surface area contributed by atoms with E-state index in [9.17, 15) is 31.1 Å². The molecular weight excluding hydrogens is 306 g/mol. The third-order valence-electron chi connectivity index (χ3n) is 2.51. The van der Waals surface area contributed by atoms with Gasteiger partial charge in [-0.1, -0.05) is 6.07 Å². The van der Waals surface area contributed by atoms with Crippen LogP contribution in [0.5, 0.6) is 5.75 Å². The van der Waals surface area contributed by atoms with E-state index in [1.807, 2.05) is 0 Å². The molecule has 9 heteroatoms. The Morgan fingerprint density at radius 1 is 1.19 bits per heavy atom. The first kappa shape index (κ1) is 17.1. The van der Waals surface area contributed by atoms with Crippen molar-refractivity contribution in [3.8, 4) is 5.75 Å². The van der Waals surface area contributed by atoms with Gasteiger partial charge in [0.15, 0.2) is 6.61 Å². The lowest BCUT2D eigenvalue weighted by molar-refractivity contribution is -0.308. The second kappa shape index (κ2) is 5.45. The molecule has 3 nitrogen and oxygen atoms in total. The number of ether oxygens (including phenoxy) is 1. The van der Waals surface area contributed by atoms with Gasteiger partial charge in [-0.05, 0) is 18.2 Å². The van der Waals surface area contributed by atoms with E-state index in [-0.39, 0.29) is 12.5 Å². The van der Waals surface area contributed by atoms with Gasteiger partial charge < -0.3 is 9.84 Å². The van der Waals surface area contributed by atoms with Gasteiger partial charge in [0.2, 0.25) is 0 Å². The second-order valence-electron chi connectivity index (χ2n) is 4.29. The van der Waals surface area contributed by atoms with E-state index in [4.69, 9.17) is 5.11 Å². The van der Waals surface area contributed by atoms with Gasteiger partial charge in [0, 0.05) is 6.92 Å². The van der Waals surface area contributed by atoms with E-state index in [0.717, 1.165) is 24.3 Å². The van der Waals surface area contributed by atoms with Crippen molar-refractivity contribution in [1.29, 1.82) is 0 Å². The Morgan fingerprint density at radius 3 is 2.24 bits per heavy atom. The van der Waals surface area contributed by atoms with Crippen LogP contribution in [0.25, 0.3) is 0 Å². The van der Waals surface area contributed by atoms with Crippen LogP contribution in [0.2, 0.25) is 0 Å². The van der Waals surface area contributed by atoms with Crippen LogP contribution in [0.15, 0.2) is 24.3 Å². The average Bonchev–Trinajstić information content (AvgIpc) is 2.35. The van der Waals surface area contributed by atoms with Crippen LogP contribution < -0.4 is 4.74 Å². The number of carboxylic acid groups (broad SMARTS) is 1. The van der Waals surface area contributed by atoms with Gasteiger partial charge in [0.25, 0.3) is 0 Å². The molecule has 118 valence electrons. The van der Waals surface area contributed by atoms with E-state index in [1.165, 1.54) is 0 Å². The summed E-state index contributed by atoms with van der Waals surface area (Å²) in [6, 6.07) is 4.08. The van der Waals surface area contributed by atoms with Gasteiger partial charge >= 0.3 is 23.7 Å². The lowest BCUT2D eigenvalue weighted by Gasteiger charge is -2.30. The molecule has 0 spiro atoms. The molecule has 21 heavy (non-hydrogen) atoms. The molecular formula is C12H10F6O3. The minimum atomic E-state index is -5.61. The molecule has 0 heterocycles. The lowest BCUT2D eigenvalue weighted by atomic mass is 10.1. The molecule has 0 amide bonds. The second-order valence-corrected chi connectivity index (χ2v) is 4.29. The van der Waals surface area contributed by atoms with Crippen molar-refractivity contribution in [3.05, 3.63) is 29.8 Å². The van der Waals surface area contributed by atoms with Gasteiger partial charge in [0.1, 0.15) is 5.75 Å². The maximum atomic E-state index is 13.2. The minimum Gasteiger partial charge on any atom is -0.487 e. The smallest absolute Gasteiger partial charge is 0.375 e. The number of rotatable bonds is 6. The van der Waals surface area contributed by atoms with Crippen LogP contribution in [0.4, 0.5) is 26.3 Å². The number of aromatic carboxylic acids is 1. The maximum absolute atomic E-state index is 13.2. The molecule has 1 aromatic rings. The molecule has 0 aliphatic rings. The summed E-state index contributed by atoms with van der Waals surface area (Å²) in [5, 5.41) is 8.65. The van der Waals surface area contributed by atoms with E-state index >= 15 is 0 Å². The number of carboxylic acids is 1. The third-order valence-corrected chi connectivity index (χ3v) is 2.51. The molecule has 0 saturated carbocycles. The van der Waals surface area contributed by atoms with Crippen LogP contribution >= 0.6 is 0 Å². The summed E-state index contributed by atoms with van der Waals surface area (Å²) in [6.07, 6.45) is 0. The van der Waals surface area contributed by atoms with Gasteiger partial charge in [0.05, 0.1) is 5.56 Å². The Kier molecular flexibility index (Phi) is 4.45. The zero-order chi connectivity index (χ0) is 16.5. The monoisotopic (exact) mass is 316 g/mol. The number of hydrogen-bond acceptors (Lipinski definition) is 2. The number of hydrogen-bond donors (Lipinski definition) is 1. The first-order valence-corrected chi connectivity index (χ1v) is 5.48. The summed E-state index contributed by atoms with van der Waals surface area (Å²) in [6.45, 7) is -2.35. The highest BCUT2D eigenvalue weighted by Crippen LogP contribution is 2.45. The van der Waals surface area contributed by atoms with Crippen LogP contribution in [0.1, 0.15) is 17.3 Å². The van der Waals surface area contributed by atoms with Crippen molar-refractivity contribution < 1.29 is 41.0 Å². The van der Waals surface area contributed by atoms with Gasteiger partial charge in [-0.15, -0.1) is 0 Å². The van der Waals surface area contributed by atoms with Gasteiger partial charge in [-0.3, -0.25) is 0 Å². The van der Waals surface area contributed by atoms with Gasteiger partial charge in [-0.2, -0.15) is 26.3 Å². The minimum absolute atomic E-state index is 0.327. The molecule has 0 aliphatic carbocycles. The van der Waals surface area contributed by atoms with Crippen molar-refractivity contribution in [3.63, 3.8) is 0 Å². The summed E-state index contributed by atoms with van der Waals surface area (Å²) in [7, 11) is 0. The summed E-state index contributed by atoms with van der Waals surface area (Å²) in [4.78, 5) is 10.6. The fraction of sp³-hybridized carbons (Fsp3) is 0.417. The van der Waals surface area contributed by atoms with E-state index in [2.05, 4.69) is 4.74 Å². The summed E-state index contributed by atoms with van der Waals surface area (Å²) in [5.41, 5.74) is -0.330. The van der Waals surface area contributed by atoms with Crippen molar-refractivity contribution >= 4 is 5.97 Å². The van der Waals surface area contributed by atoms with Crippen molar-refractivity contribution in [2.45, 2.75) is 24.7 Å². The van der Waals surface area contributed by atoms with Crippen molar-refractivity contribution in [1.82, 2.24) is 0 Å². The fourth-order valence-corrected chi connectivity index (χ4v) is 1.30. The first-order chi connectivity index (χ1) is 9.38. The molecule has 0 aliphatic heterocycles. The Morgan fingerprint density at radius 2 is 1.76 bits per heavy atom. The highest BCUT2D eigenvalue weighted by Gasteiger charge is 2.69. The van der Waals surface area contributed by atoms with E-state index < -0.39 is 36.1 Å². The van der Waals surface area contributed by atoms with E-state index in [0.29, 0.717) is 0 Å². The summed E-state index contributed by atoms with van der Waals surface area (Å²) >= 11 is 0. The van der Waals surface area contributed by atoms with Crippen LogP contribution in [-0.4, -0.2) is 35.5 Å². The third kappa shape index (κ3) is 3.59. The maximum Gasteiger partial charge on any atom is 0.375 e. The zero-order valence-corrected chi connectivity index (χ0v) is 10.5. The van der Waals surface area contributed by atoms with E-state index in [1.54, 1.807) is 0 Å². The average molecular weight is 316 g/mol. The Hall–Kier alpha value is -1.93. The molecule has 0 unspecified atom stereocenters. The highest BCUT2D eigenvalue weighted by atomic mass is 19.3. The largest absolute Gasteiger partial charge is 0.487 e. The number of carbonyl (C=O) groups is 1. The SMILES string of the molecule is CC(F)(F)C(F)(F)C(F)(F)COc1cccc(C(=O)O)c1. The molecule has 1 N–H and O–H groups in total.